The molecule has 0 aliphatic heterocycles. The second kappa shape index (κ2) is 5.58. The highest BCUT2D eigenvalue weighted by molar-refractivity contribution is 5.67. The fourth-order valence-corrected chi connectivity index (χ4v) is 2.73. The van der Waals surface area contributed by atoms with Gasteiger partial charge in [0.1, 0.15) is 6.10 Å². The fourth-order valence-electron chi connectivity index (χ4n) is 2.73. The maximum Gasteiger partial charge on any atom is 0.119 e. The van der Waals surface area contributed by atoms with Crippen molar-refractivity contribution >= 4 is 0 Å². The van der Waals surface area contributed by atoms with Crippen LogP contribution in [0.15, 0.2) is 66.9 Å². The maximum absolute atomic E-state index is 10.5. The van der Waals surface area contributed by atoms with Crippen molar-refractivity contribution in [3.63, 3.8) is 0 Å². The van der Waals surface area contributed by atoms with E-state index in [0.29, 0.717) is 0 Å². The minimum atomic E-state index is -0.589. The van der Waals surface area contributed by atoms with Crippen LogP contribution >= 0.6 is 0 Å². The molecule has 0 aliphatic carbocycles. The zero-order chi connectivity index (χ0) is 14.8. The van der Waals surface area contributed by atoms with Gasteiger partial charge in [-0.25, -0.2) is 0 Å². The molecule has 1 atom stereocenters. The summed E-state index contributed by atoms with van der Waals surface area (Å²) in [5.41, 5.74) is 5.41. The summed E-state index contributed by atoms with van der Waals surface area (Å²) < 4.78 is 1.95. The number of nitrogens with zero attached hydrogens (tertiary/aromatic N) is 1. The third-order valence-electron chi connectivity index (χ3n) is 3.92. The number of aryl methyl sites for hydroxylation is 2. The predicted molar refractivity (Wildman–Crippen MR) is 86.1 cm³/mol. The highest BCUT2D eigenvalue weighted by atomic mass is 16.3. The fraction of sp³-hybridized carbons (Fsp3) is 0.158. The largest absolute Gasteiger partial charge is 0.382 e. The van der Waals surface area contributed by atoms with E-state index in [-0.39, 0.29) is 0 Å². The molecule has 106 valence electrons. The second-order valence-corrected chi connectivity index (χ2v) is 5.39. The number of rotatable bonds is 3. The van der Waals surface area contributed by atoms with Gasteiger partial charge in [-0.3, -0.25) is 0 Å². The Hall–Kier alpha value is -2.32. The van der Waals surface area contributed by atoms with E-state index in [1.54, 1.807) is 0 Å². The number of aliphatic hydroxyl groups is 1. The molecule has 0 saturated heterocycles. The third kappa shape index (κ3) is 2.63. The molecule has 1 heterocycles. The molecule has 2 aromatic carbocycles. The highest BCUT2D eigenvalue weighted by Crippen LogP contribution is 2.28. The van der Waals surface area contributed by atoms with E-state index in [1.807, 2.05) is 54.2 Å². The first-order valence-electron chi connectivity index (χ1n) is 7.12. The van der Waals surface area contributed by atoms with Crippen molar-refractivity contribution in [1.82, 2.24) is 4.57 Å². The van der Waals surface area contributed by atoms with Crippen LogP contribution in [0.25, 0.3) is 11.1 Å². The molecule has 0 fully saturated rings. The lowest BCUT2D eigenvalue weighted by atomic mass is 9.96. The van der Waals surface area contributed by atoms with Crippen molar-refractivity contribution in [2.24, 2.45) is 7.05 Å². The minimum absolute atomic E-state index is 0.589. The summed E-state index contributed by atoms with van der Waals surface area (Å²) in [6, 6.07) is 20.4. The van der Waals surface area contributed by atoms with E-state index in [2.05, 4.69) is 31.2 Å². The average molecular weight is 277 g/mol. The Bertz CT molecular complexity index is 743. The highest BCUT2D eigenvalue weighted by Gasteiger charge is 2.14. The molecule has 21 heavy (non-hydrogen) atoms. The zero-order valence-corrected chi connectivity index (χ0v) is 12.3. The topological polar surface area (TPSA) is 25.2 Å². The van der Waals surface area contributed by atoms with Crippen molar-refractivity contribution in [3.05, 3.63) is 83.7 Å². The SMILES string of the molecule is Cc1cc(C(O)c2cccn2C)ccc1-c1ccccc1. The van der Waals surface area contributed by atoms with Crippen LogP contribution in [0.2, 0.25) is 0 Å². The van der Waals surface area contributed by atoms with Gasteiger partial charge in [0.2, 0.25) is 0 Å². The number of aromatic nitrogens is 1. The molecule has 0 spiro atoms. The summed E-state index contributed by atoms with van der Waals surface area (Å²) >= 11 is 0. The number of hydrogen-bond donors (Lipinski definition) is 1. The average Bonchev–Trinajstić information content (AvgIpc) is 2.93. The molecule has 0 bridgehead atoms. The van der Waals surface area contributed by atoms with Gasteiger partial charge in [0.15, 0.2) is 0 Å². The molecular formula is C19H19NO. The molecule has 3 aromatic rings. The lowest BCUT2D eigenvalue weighted by Gasteiger charge is -2.15. The summed E-state index contributed by atoms with van der Waals surface area (Å²) in [7, 11) is 1.95. The van der Waals surface area contributed by atoms with Crippen LogP contribution in [-0.2, 0) is 7.05 Å². The predicted octanol–water partition coefficient (Wildman–Crippen LogP) is 4.08. The zero-order valence-electron chi connectivity index (χ0n) is 12.3. The normalized spacial score (nSPS) is 12.3. The van der Waals surface area contributed by atoms with Gasteiger partial charge in [0, 0.05) is 13.2 Å². The molecule has 2 heteroatoms. The molecule has 3 rings (SSSR count). The van der Waals surface area contributed by atoms with Gasteiger partial charge in [-0.1, -0.05) is 48.5 Å². The first-order valence-corrected chi connectivity index (χ1v) is 7.12. The molecule has 2 nitrogen and oxygen atoms in total. The van der Waals surface area contributed by atoms with Crippen LogP contribution in [-0.4, -0.2) is 9.67 Å². The Balaban J connectivity index is 1.97. The van der Waals surface area contributed by atoms with E-state index in [1.165, 1.54) is 16.7 Å². The van der Waals surface area contributed by atoms with Crippen molar-refractivity contribution < 1.29 is 5.11 Å². The quantitative estimate of drug-likeness (QED) is 0.766. The Kier molecular flexibility index (Phi) is 3.63. The van der Waals surface area contributed by atoms with Crippen LogP contribution < -0.4 is 0 Å². The van der Waals surface area contributed by atoms with Gasteiger partial charge in [0.25, 0.3) is 0 Å². The molecular weight excluding hydrogens is 258 g/mol. The number of benzene rings is 2. The molecule has 0 radical (unpaired) electrons. The molecule has 1 unspecified atom stereocenters. The first kappa shape index (κ1) is 13.7. The van der Waals surface area contributed by atoms with Gasteiger partial charge < -0.3 is 9.67 Å². The van der Waals surface area contributed by atoms with Crippen molar-refractivity contribution in [2.45, 2.75) is 13.0 Å². The lowest BCUT2D eigenvalue weighted by Crippen LogP contribution is -2.05. The van der Waals surface area contributed by atoms with E-state index >= 15 is 0 Å². The van der Waals surface area contributed by atoms with Gasteiger partial charge in [-0.05, 0) is 41.3 Å². The van der Waals surface area contributed by atoms with Gasteiger partial charge in [-0.2, -0.15) is 0 Å². The molecule has 1 aromatic heterocycles. The van der Waals surface area contributed by atoms with Crippen molar-refractivity contribution in [2.75, 3.05) is 0 Å². The van der Waals surface area contributed by atoms with Crippen LogP contribution in [0.3, 0.4) is 0 Å². The third-order valence-corrected chi connectivity index (χ3v) is 3.92. The van der Waals surface area contributed by atoms with Gasteiger partial charge >= 0.3 is 0 Å². The Morgan fingerprint density at radius 3 is 2.33 bits per heavy atom. The summed E-state index contributed by atoms with van der Waals surface area (Å²) in [5.74, 6) is 0. The smallest absolute Gasteiger partial charge is 0.119 e. The van der Waals surface area contributed by atoms with Crippen LogP contribution in [0, 0.1) is 6.92 Å². The van der Waals surface area contributed by atoms with Gasteiger partial charge in [-0.15, -0.1) is 0 Å². The van der Waals surface area contributed by atoms with E-state index in [4.69, 9.17) is 0 Å². The number of aliphatic hydroxyl groups excluding tert-OH is 1. The Labute approximate surface area is 125 Å². The van der Waals surface area contributed by atoms with Crippen molar-refractivity contribution in [1.29, 1.82) is 0 Å². The molecule has 0 aliphatic rings. The Morgan fingerprint density at radius 2 is 1.71 bits per heavy atom. The van der Waals surface area contributed by atoms with E-state index < -0.39 is 6.10 Å². The molecule has 0 saturated carbocycles. The van der Waals surface area contributed by atoms with Gasteiger partial charge in [0.05, 0.1) is 5.69 Å². The Morgan fingerprint density at radius 1 is 0.952 bits per heavy atom. The second-order valence-electron chi connectivity index (χ2n) is 5.39. The van der Waals surface area contributed by atoms with Crippen LogP contribution in [0.4, 0.5) is 0 Å². The molecule has 1 N–H and O–H groups in total. The van der Waals surface area contributed by atoms with Crippen molar-refractivity contribution in [3.8, 4) is 11.1 Å². The van der Waals surface area contributed by atoms with Crippen LogP contribution in [0.1, 0.15) is 22.9 Å². The summed E-state index contributed by atoms with van der Waals surface area (Å²) in [5, 5.41) is 10.5. The molecule has 0 amide bonds. The standard InChI is InChI=1S/C19H19NO/c1-14-13-16(19(21)18-9-6-12-20(18)2)10-11-17(14)15-7-4-3-5-8-15/h3-13,19,21H,1-2H3. The minimum Gasteiger partial charge on any atom is -0.382 e. The monoisotopic (exact) mass is 277 g/mol. The van der Waals surface area contributed by atoms with E-state index in [9.17, 15) is 5.11 Å². The maximum atomic E-state index is 10.5. The summed E-state index contributed by atoms with van der Waals surface area (Å²) in [6.45, 7) is 2.09. The summed E-state index contributed by atoms with van der Waals surface area (Å²) in [4.78, 5) is 0. The first-order chi connectivity index (χ1) is 10.2. The van der Waals surface area contributed by atoms with E-state index in [0.717, 1.165) is 11.3 Å². The number of hydrogen-bond acceptors (Lipinski definition) is 1. The van der Waals surface area contributed by atoms with Crippen LogP contribution in [0.5, 0.6) is 0 Å². The summed E-state index contributed by atoms with van der Waals surface area (Å²) in [6.07, 6.45) is 1.36. The lowest BCUT2D eigenvalue weighted by molar-refractivity contribution is 0.211.